The van der Waals surface area contributed by atoms with Crippen LogP contribution in [0.25, 0.3) is 0 Å². The predicted molar refractivity (Wildman–Crippen MR) is 40.2 cm³/mol. The van der Waals surface area contributed by atoms with Crippen LogP contribution in [-0.4, -0.2) is 30.7 Å². The quantitative estimate of drug-likeness (QED) is 0.526. The van der Waals surface area contributed by atoms with Crippen molar-refractivity contribution in [3.8, 4) is 0 Å². The molecule has 3 heteroatoms. The molecule has 2 fully saturated rings. The number of amides is 1. The Morgan fingerprint density at radius 2 is 2.36 bits per heavy atom. The summed E-state index contributed by atoms with van der Waals surface area (Å²) in [5.74, 6) is 0.609. The molecule has 1 amide bonds. The first-order valence-corrected chi connectivity index (χ1v) is 4.19. The van der Waals surface area contributed by atoms with Gasteiger partial charge in [0, 0.05) is 19.5 Å². The van der Waals surface area contributed by atoms with Gasteiger partial charge in [0.25, 0.3) is 0 Å². The zero-order valence-corrected chi connectivity index (χ0v) is 6.75. The maximum atomic E-state index is 11.0. The zero-order valence-electron chi connectivity index (χ0n) is 6.75. The van der Waals surface area contributed by atoms with E-state index in [-0.39, 0.29) is 12.2 Å². The highest BCUT2D eigenvalue weighted by molar-refractivity contribution is 5.68. The first kappa shape index (κ1) is 6.95. The fraction of sp³-hybridized carbons (Fsp3) is 0.875. The summed E-state index contributed by atoms with van der Waals surface area (Å²) in [6.07, 6.45) is 3.61. The maximum absolute atomic E-state index is 11.0. The predicted octanol–water partition coefficient (Wildman–Crippen LogP) is 1.24. The molecule has 1 saturated carbocycles. The molecule has 0 aromatic heterocycles. The number of carbonyl (C=O) groups excluding carboxylic acids is 1. The molecule has 1 heterocycles. The molecular formula is C8H13NO2. The summed E-state index contributed by atoms with van der Waals surface area (Å²) in [5.41, 5.74) is 0. The van der Waals surface area contributed by atoms with Gasteiger partial charge in [-0.3, -0.25) is 0 Å². The van der Waals surface area contributed by atoms with Gasteiger partial charge in [0.1, 0.15) is 6.10 Å². The maximum Gasteiger partial charge on any atom is 0.409 e. The molecule has 2 aliphatic rings. The van der Waals surface area contributed by atoms with Crippen molar-refractivity contribution in [2.75, 3.05) is 13.6 Å². The Bertz CT molecular complexity index is 181. The molecule has 1 saturated heterocycles. The standard InChI is InChI=1S/C8H13NO2/c1-9-5-6-3-2-4-7(6)11-8(9)10/h6-7H,2-5H2,1H3/t6-,7-/m1/s1. The molecule has 2 rings (SSSR count). The lowest BCUT2D eigenvalue weighted by Gasteiger charge is -2.31. The van der Waals surface area contributed by atoms with Crippen molar-refractivity contribution in [2.24, 2.45) is 5.92 Å². The van der Waals surface area contributed by atoms with E-state index in [1.165, 1.54) is 12.8 Å². The Balaban J connectivity index is 2.06. The van der Waals surface area contributed by atoms with E-state index in [0.29, 0.717) is 5.92 Å². The van der Waals surface area contributed by atoms with Gasteiger partial charge in [-0.05, 0) is 19.3 Å². The molecule has 0 spiro atoms. The molecular weight excluding hydrogens is 142 g/mol. The Kier molecular flexibility index (Phi) is 1.51. The molecule has 0 aromatic rings. The van der Waals surface area contributed by atoms with Crippen LogP contribution in [0.3, 0.4) is 0 Å². The molecule has 2 atom stereocenters. The Hall–Kier alpha value is -0.730. The van der Waals surface area contributed by atoms with Crippen LogP contribution in [0, 0.1) is 5.92 Å². The van der Waals surface area contributed by atoms with Crippen molar-refractivity contribution >= 4 is 6.09 Å². The summed E-state index contributed by atoms with van der Waals surface area (Å²) in [6.45, 7) is 0.892. The van der Waals surface area contributed by atoms with Gasteiger partial charge in [-0.2, -0.15) is 0 Å². The number of carbonyl (C=O) groups is 1. The van der Waals surface area contributed by atoms with E-state index < -0.39 is 0 Å². The van der Waals surface area contributed by atoms with E-state index >= 15 is 0 Å². The molecule has 0 bridgehead atoms. The summed E-state index contributed by atoms with van der Waals surface area (Å²) in [6, 6.07) is 0. The number of ether oxygens (including phenoxy) is 1. The zero-order chi connectivity index (χ0) is 7.84. The fourth-order valence-electron chi connectivity index (χ4n) is 2.01. The second-order valence-corrected chi connectivity index (χ2v) is 3.49. The van der Waals surface area contributed by atoms with Crippen LogP contribution in [0.4, 0.5) is 4.79 Å². The Morgan fingerprint density at radius 1 is 1.55 bits per heavy atom. The van der Waals surface area contributed by atoms with Gasteiger partial charge < -0.3 is 9.64 Å². The van der Waals surface area contributed by atoms with Crippen LogP contribution < -0.4 is 0 Å². The third-order valence-electron chi connectivity index (χ3n) is 2.66. The molecule has 0 N–H and O–H groups in total. The van der Waals surface area contributed by atoms with Crippen LogP contribution in [-0.2, 0) is 4.74 Å². The van der Waals surface area contributed by atoms with Crippen LogP contribution in [0.5, 0.6) is 0 Å². The molecule has 11 heavy (non-hydrogen) atoms. The largest absolute Gasteiger partial charge is 0.446 e. The number of rotatable bonds is 0. The smallest absolute Gasteiger partial charge is 0.409 e. The van der Waals surface area contributed by atoms with E-state index in [9.17, 15) is 4.79 Å². The number of fused-ring (bicyclic) bond motifs is 1. The van der Waals surface area contributed by atoms with Crippen molar-refractivity contribution in [2.45, 2.75) is 25.4 Å². The topological polar surface area (TPSA) is 29.5 Å². The van der Waals surface area contributed by atoms with Gasteiger partial charge in [-0.25, -0.2) is 4.79 Å². The van der Waals surface area contributed by atoms with Crippen LogP contribution in [0.15, 0.2) is 0 Å². The molecule has 0 aromatic carbocycles. The van der Waals surface area contributed by atoms with Crippen molar-refractivity contribution in [3.05, 3.63) is 0 Å². The highest BCUT2D eigenvalue weighted by Gasteiger charge is 2.36. The number of nitrogens with zero attached hydrogens (tertiary/aromatic N) is 1. The summed E-state index contributed by atoms with van der Waals surface area (Å²) < 4.78 is 5.21. The fourth-order valence-corrected chi connectivity index (χ4v) is 2.01. The summed E-state index contributed by atoms with van der Waals surface area (Å²) in [4.78, 5) is 12.7. The first-order chi connectivity index (χ1) is 5.27. The van der Waals surface area contributed by atoms with Gasteiger partial charge in [-0.15, -0.1) is 0 Å². The number of hydrogen-bond donors (Lipinski definition) is 0. The highest BCUT2D eigenvalue weighted by Crippen LogP contribution is 2.32. The lowest BCUT2D eigenvalue weighted by Crippen LogP contribution is -2.43. The van der Waals surface area contributed by atoms with Crippen molar-refractivity contribution in [1.82, 2.24) is 4.90 Å². The van der Waals surface area contributed by atoms with E-state index in [1.54, 1.807) is 11.9 Å². The van der Waals surface area contributed by atoms with E-state index in [2.05, 4.69) is 0 Å². The van der Waals surface area contributed by atoms with Crippen molar-refractivity contribution < 1.29 is 9.53 Å². The molecule has 0 unspecified atom stereocenters. The third kappa shape index (κ3) is 1.08. The lowest BCUT2D eigenvalue weighted by atomic mass is 10.0. The first-order valence-electron chi connectivity index (χ1n) is 4.19. The lowest BCUT2D eigenvalue weighted by molar-refractivity contribution is 0.0100. The van der Waals surface area contributed by atoms with Crippen molar-refractivity contribution in [3.63, 3.8) is 0 Å². The van der Waals surface area contributed by atoms with Crippen molar-refractivity contribution in [1.29, 1.82) is 0 Å². The molecule has 1 aliphatic carbocycles. The van der Waals surface area contributed by atoms with E-state index in [0.717, 1.165) is 13.0 Å². The van der Waals surface area contributed by atoms with Crippen LogP contribution in [0.1, 0.15) is 19.3 Å². The molecule has 1 aliphatic heterocycles. The van der Waals surface area contributed by atoms with Gasteiger partial charge >= 0.3 is 6.09 Å². The summed E-state index contributed by atoms with van der Waals surface area (Å²) in [7, 11) is 1.80. The Morgan fingerprint density at radius 3 is 3.18 bits per heavy atom. The Labute approximate surface area is 66.3 Å². The molecule has 62 valence electrons. The van der Waals surface area contributed by atoms with Gasteiger partial charge in [0.05, 0.1) is 0 Å². The minimum Gasteiger partial charge on any atom is -0.446 e. The summed E-state index contributed by atoms with van der Waals surface area (Å²) in [5, 5.41) is 0. The minimum atomic E-state index is -0.145. The molecule has 3 nitrogen and oxygen atoms in total. The summed E-state index contributed by atoms with van der Waals surface area (Å²) >= 11 is 0. The van der Waals surface area contributed by atoms with Gasteiger partial charge in [0.2, 0.25) is 0 Å². The average Bonchev–Trinajstić information content (AvgIpc) is 2.36. The SMILES string of the molecule is CN1C[C@H]2CCC[C@H]2OC1=O. The van der Waals surface area contributed by atoms with E-state index in [4.69, 9.17) is 4.74 Å². The molecule has 0 radical (unpaired) electrons. The van der Waals surface area contributed by atoms with E-state index in [1.807, 2.05) is 0 Å². The second kappa shape index (κ2) is 2.40. The second-order valence-electron chi connectivity index (χ2n) is 3.49. The normalized spacial score (nSPS) is 36.8. The highest BCUT2D eigenvalue weighted by atomic mass is 16.6. The van der Waals surface area contributed by atoms with Crippen LogP contribution in [0.2, 0.25) is 0 Å². The van der Waals surface area contributed by atoms with Crippen LogP contribution >= 0.6 is 0 Å². The third-order valence-corrected chi connectivity index (χ3v) is 2.66. The monoisotopic (exact) mass is 155 g/mol. The van der Waals surface area contributed by atoms with Gasteiger partial charge in [-0.1, -0.05) is 0 Å². The number of hydrogen-bond acceptors (Lipinski definition) is 2. The van der Waals surface area contributed by atoms with Gasteiger partial charge in [0.15, 0.2) is 0 Å². The minimum absolute atomic E-state index is 0.145. The average molecular weight is 155 g/mol.